The molecule has 0 saturated carbocycles. The molecule has 0 amide bonds. The van der Waals surface area contributed by atoms with Crippen molar-refractivity contribution in [1.29, 1.82) is 0 Å². The molecule has 0 saturated heterocycles. The SMILES string of the molecule is C#CCNCC(C)N(CC)c1cccc(C)c1. The minimum atomic E-state index is 0.440. The molecule has 1 rings (SSSR count). The first-order chi connectivity index (χ1) is 8.19. The van der Waals surface area contributed by atoms with Gasteiger partial charge in [-0.25, -0.2) is 0 Å². The Morgan fingerprint density at radius 2 is 2.24 bits per heavy atom. The number of rotatable bonds is 6. The van der Waals surface area contributed by atoms with Crippen molar-refractivity contribution in [3.8, 4) is 12.3 Å². The molecule has 0 bridgehead atoms. The maximum absolute atomic E-state index is 5.23. The summed E-state index contributed by atoms with van der Waals surface area (Å²) in [6.45, 7) is 9.07. The van der Waals surface area contributed by atoms with Gasteiger partial charge in [0.2, 0.25) is 0 Å². The number of likely N-dealkylation sites (N-methyl/N-ethyl adjacent to an activating group) is 1. The van der Waals surface area contributed by atoms with Gasteiger partial charge < -0.3 is 10.2 Å². The fraction of sp³-hybridized carbons (Fsp3) is 0.467. The third-order valence-corrected chi connectivity index (χ3v) is 2.87. The lowest BCUT2D eigenvalue weighted by atomic mass is 10.1. The van der Waals surface area contributed by atoms with Gasteiger partial charge >= 0.3 is 0 Å². The zero-order valence-electron chi connectivity index (χ0n) is 11.0. The maximum Gasteiger partial charge on any atom is 0.0574 e. The van der Waals surface area contributed by atoms with Crippen molar-refractivity contribution >= 4 is 5.69 Å². The summed E-state index contributed by atoms with van der Waals surface area (Å²) >= 11 is 0. The third-order valence-electron chi connectivity index (χ3n) is 2.87. The van der Waals surface area contributed by atoms with E-state index < -0.39 is 0 Å². The molecule has 1 atom stereocenters. The van der Waals surface area contributed by atoms with Crippen molar-refractivity contribution in [2.24, 2.45) is 0 Å². The average Bonchev–Trinajstić information content (AvgIpc) is 2.30. The van der Waals surface area contributed by atoms with E-state index in [2.05, 4.69) is 61.2 Å². The largest absolute Gasteiger partial charge is 0.368 e. The van der Waals surface area contributed by atoms with E-state index in [1.165, 1.54) is 11.3 Å². The standard InChI is InChI=1S/C15H22N2/c1-5-10-16-12-14(4)17(6-2)15-9-7-8-13(3)11-15/h1,7-9,11,14,16H,6,10,12H2,2-4H3. The van der Waals surface area contributed by atoms with Crippen molar-refractivity contribution in [3.63, 3.8) is 0 Å². The Morgan fingerprint density at radius 3 is 2.82 bits per heavy atom. The van der Waals surface area contributed by atoms with E-state index in [-0.39, 0.29) is 0 Å². The number of hydrogen-bond acceptors (Lipinski definition) is 2. The number of terminal acetylenes is 1. The van der Waals surface area contributed by atoms with Crippen LogP contribution in [0.15, 0.2) is 24.3 Å². The second kappa shape index (κ2) is 6.98. The molecular formula is C15H22N2. The van der Waals surface area contributed by atoms with Crippen LogP contribution in [0.2, 0.25) is 0 Å². The Morgan fingerprint density at radius 1 is 1.47 bits per heavy atom. The van der Waals surface area contributed by atoms with Crippen LogP contribution in [0.3, 0.4) is 0 Å². The number of aryl methyl sites for hydroxylation is 1. The lowest BCUT2D eigenvalue weighted by molar-refractivity contribution is 0.592. The molecule has 0 fully saturated rings. The average molecular weight is 230 g/mol. The van der Waals surface area contributed by atoms with Crippen LogP contribution in [0.1, 0.15) is 19.4 Å². The zero-order chi connectivity index (χ0) is 12.7. The molecule has 17 heavy (non-hydrogen) atoms. The van der Waals surface area contributed by atoms with Crippen LogP contribution >= 0.6 is 0 Å². The molecular weight excluding hydrogens is 208 g/mol. The number of benzene rings is 1. The van der Waals surface area contributed by atoms with Crippen LogP contribution in [0.25, 0.3) is 0 Å². The quantitative estimate of drug-likeness (QED) is 0.596. The highest BCUT2D eigenvalue weighted by Gasteiger charge is 2.11. The van der Waals surface area contributed by atoms with Gasteiger partial charge in [-0.1, -0.05) is 18.1 Å². The van der Waals surface area contributed by atoms with Gasteiger partial charge in [0.05, 0.1) is 6.54 Å². The van der Waals surface area contributed by atoms with Crippen molar-refractivity contribution < 1.29 is 0 Å². The van der Waals surface area contributed by atoms with E-state index in [0.29, 0.717) is 12.6 Å². The lowest BCUT2D eigenvalue weighted by Gasteiger charge is -2.30. The van der Waals surface area contributed by atoms with Crippen molar-refractivity contribution in [3.05, 3.63) is 29.8 Å². The maximum atomic E-state index is 5.23. The Balaban J connectivity index is 2.67. The van der Waals surface area contributed by atoms with E-state index in [4.69, 9.17) is 6.42 Å². The third kappa shape index (κ3) is 4.13. The van der Waals surface area contributed by atoms with Crippen LogP contribution < -0.4 is 10.2 Å². The fourth-order valence-corrected chi connectivity index (χ4v) is 2.02. The Hall–Kier alpha value is -1.46. The number of hydrogen-bond donors (Lipinski definition) is 1. The molecule has 92 valence electrons. The Bertz CT molecular complexity index is 379. The van der Waals surface area contributed by atoms with Gasteiger partial charge in [0.1, 0.15) is 0 Å². The highest BCUT2D eigenvalue weighted by atomic mass is 15.2. The predicted molar refractivity (Wildman–Crippen MR) is 75.4 cm³/mol. The second-order valence-corrected chi connectivity index (χ2v) is 4.31. The van der Waals surface area contributed by atoms with E-state index in [0.717, 1.165) is 13.1 Å². The van der Waals surface area contributed by atoms with Gasteiger partial charge in [0.25, 0.3) is 0 Å². The predicted octanol–water partition coefficient (Wildman–Crippen LogP) is 2.43. The summed E-state index contributed by atoms with van der Waals surface area (Å²) in [6.07, 6.45) is 5.23. The first-order valence-corrected chi connectivity index (χ1v) is 6.16. The normalized spacial score (nSPS) is 11.9. The summed E-state index contributed by atoms with van der Waals surface area (Å²) in [5.41, 5.74) is 2.58. The van der Waals surface area contributed by atoms with Crippen LogP contribution in [-0.2, 0) is 0 Å². The molecule has 0 spiro atoms. The molecule has 0 radical (unpaired) electrons. The van der Waals surface area contributed by atoms with E-state index in [1.54, 1.807) is 0 Å². The minimum absolute atomic E-state index is 0.440. The molecule has 0 heterocycles. The Labute approximate surface area is 105 Å². The van der Waals surface area contributed by atoms with Gasteiger partial charge in [0.15, 0.2) is 0 Å². The second-order valence-electron chi connectivity index (χ2n) is 4.31. The molecule has 1 N–H and O–H groups in total. The van der Waals surface area contributed by atoms with E-state index in [1.807, 2.05) is 0 Å². The summed E-state index contributed by atoms with van der Waals surface area (Å²) in [4.78, 5) is 2.39. The summed E-state index contributed by atoms with van der Waals surface area (Å²) in [6, 6.07) is 9.05. The van der Waals surface area contributed by atoms with Gasteiger partial charge in [-0.05, 0) is 38.5 Å². The molecule has 2 heteroatoms. The smallest absolute Gasteiger partial charge is 0.0574 e. The van der Waals surface area contributed by atoms with Gasteiger partial charge in [-0.3, -0.25) is 0 Å². The molecule has 0 aliphatic heterocycles. The Kier molecular flexibility index (Phi) is 5.59. The molecule has 1 unspecified atom stereocenters. The van der Waals surface area contributed by atoms with Gasteiger partial charge in [-0.15, -0.1) is 6.42 Å². The molecule has 1 aromatic carbocycles. The molecule has 0 aliphatic rings. The number of nitrogens with one attached hydrogen (secondary N) is 1. The fourth-order valence-electron chi connectivity index (χ4n) is 2.02. The van der Waals surface area contributed by atoms with Crippen molar-refractivity contribution in [1.82, 2.24) is 5.32 Å². The number of nitrogens with zero attached hydrogens (tertiary/aromatic N) is 1. The summed E-state index contributed by atoms with van der Waals surface area (Å²) in [5.74, 6) is 2.60. The first-order valence-electron chi connectivity index (χ1n) is 6.16. The molecule has 2 nitrogen and oxygen atoms in total. The highest BCUT2D eigenvalue weighted by molar-refractivity contribution is 5.49. The van der Waals surface area contributed by atoms with Crippen LogP contribution in [0, 0.1) is 19.3 Å². The van der Waals surface area contributed by atoms with E-state index in [9.17, 15) is 0 Å². The van der Waals surface area contributed by atoms with Gasteiger partial charge in [0, 0.05) is 24.8 Å². The monoisotopic (exact) mass is 230 g/mol. The molecule has 0 aliphatic carbocycles. The highest BCUT2D eigenvalue weighted by Crippen LogP contribution is 2.17. The summed E-state index contributed by atoms with van der Waals surface area (Å²) < 4.78 is 0. The topological polar surface area (TPSA) is 15.3 Å². The number of anilines is 1. The lowest BCUT2D eigenvalue weighted by Crippen LogP contribution is -2.40. The van der Waals surface area contributed by atoms with Crippen molar-refractivity contribution in [2.45, 2.75) is 26.8 Å². The zero-order valence-corrected chi connectivity index (χ0v) is 11.0. The molecule has 0 aromatic heterocycles. The van der Waals surface area contributed by atoms with Crippen molar-refractivity contribution in [2.75, 3.05) is 24.5 Å². The van der Waals surface area contributed by atoms with E-state index >= 15 is 0 Å². The van der Waals surface area contributed by atoms with Crippen LogP contribution in [-0.4, -0.2) is 25.7 Å². The first kappa shape index (κ1) is 13.6. The van der Waals surface area contributed by atoms with Crippen LogP contribution in [0.4, 0.5) is 5.69 Å². The minimum Gasteiger partial charge on any atom is -0.368 e. The summed E-state index contributed by atoms with van der Waals surface area (Å²) in [7, 11) is 0. The van der Waals surface area contributed by atoms with Gasteiger partial charge in [-0.2, -0.15) is 0 Å². The molecule has 1 aromatic rings. The van der Waals surface area contributed by atoms with Crippen LogP contribution in [0.5, 0.6) is 0 Å². The summed E-state index contributed by atoms with van der Waals surface area (Å²) in [5, 5.41) is 3.26.